The lowest BCUT2D eigenvalue weighted by Crippen LogP contribution is -2.62. The molecule has 12 unspecified atom stereocenters. The number of unbranched alkanes of at least 4 members (excludes halogenated alkanes) is 5. The molecule has 0 aromatic carbocycles. The van der Waals surface area contributed by atoms with E-state index in [1.54, 1.807) is 74.1 Å². The topological polar surface area (TPSA) is 645 Å². The summed E-state index contributed by atoms with van der Waals surface area (Å²) in [7, 11) is 0. The molecule has 2 aliphatic heterocycles. The number of rotatable bonds is 56. The molecule has 0 bridgehead atoms. The van der Waals surface area contributed by atoms with Crippen LogP contribution in [0.3, 0.4) is 0 Å². The Kier molecular flexibility index (Phi) is 47.8. The number of imide groups is 1. The van der Waals surface area contributed by atoms with Gasteiger partial charge in [-0.15, -0.1) is 11.8 Å². The summed E-state index contributed by atoms with van der Waals surface area (Å²) >= 11 is 0.844. The third-order valence-corrected chi connectivity index (χ3v) is 21.1. The molecule has 0 aromatic heterocycles. The Bertz CT molecular complexity index is 3120. The van der Waals surface area contributed by atoms with E-state index in [9.17, 15) is 92.7 Å². The van der Waals surface area contributed by atoms with Crippen molar-refractivity contribution in [1.82, 2.24) is 73.6 Å². The summed E-state index contributed by atoms with van der Waals surface area (Å²) in [6.45, 7) is 18.4. The van der Waals surface area contributed by atoms with Gasteiger partial charge >= 0.3 is 5.97 Å². The van der Waals surface area contributed by atoms with Gasteiger partial charge in [0, 0.05) is 38.7 Å². The van der Waals surface area contributed by atoms with Crippen LogP contribution in [0.4, 0.5) is 0 Å². The fourth-order valence-electron chi connectivity index (χ4n) is 13.0. The fraction of sp³-hybridized carbons (Fsp3) is 0.797. The zero-order valence-electron chi connectivity index (χ0n) is 68.4. The van der Waals surface area contributed by atoms with E-state index in [4.69, 9.17) is 34.1 Å². The van der Waals surface area contributed by atoms with E-state index in [0.29, 0.717) is 51.4 Å². The SMILES string of the molecule is CC(=O)NC(C(=O)NC(C(=O)NC(C(=O)NC(CCCCN)C(=O)NC(CCCCN)C(=O)NC(CCCCN)C(=O)NC(CCCNC(=N)N)C(=O)NC(CCCCN)C(=O)NC(C(=O)NC(C(=O)NC(CSC1CC(=O)N(CCCCN2C[C@H](O)[C@@H](O)[C@H](O)[C@H]2CO)C1=O)C(=O)O)C(C)C)C(C)C)C(C)C)C(C)C)C(C)C. The average Bonchev–Trinajstić information content (AvgIpc) is 1.24. The summed E-state index contributed by atoms with van der Waals surface area (Å²) in [4.78, 5) is 198. The third-order valence-electron chi connectivity index (χ3n) is 19.8. The minimum atomic E-state index is -1.62. The molecular formula is C74H136N20O19S. The van der Waals surface area contributed by atoms with Gasteiger partial charge in [0.15, 0.2) is 5.96 Å². The van der Waals surface area contributed by atoms with Crippen molar-refractivity contribution in [3.63, 3.8) is 0 Å². The normalized spacial score (nSPS) is 19.4. The number of aliphatic hydroxyl groups excluding tert-OH is 4. The number of hydrogen-bond donors (Lipinski definition) is 23. The molecule has 2 rings (SSSR count). The molecule has 0 saturated carbocycles. The van der Waals surface area contributed by atoms with E-state index < -0.39 is 209 Å². The van der Waals surface area contributed by atoms with Crippen molar-refractivity contribution < 1.29 is 92.7 Å². The quantitative estimate of drug-likeness (QED) is 0.0117. The van der Waals surface area contributed by atoms with Crippen LogP contribution in [0, 0.1) is 35.0 Å². The number of aliphatic carboxylic acids is 1. The number of nitrogens with two attached hydrogens (primary N) is 5. The van der Waals surface area contributed by atoms with Gasteiger partial charge in [-0.3, -0.25) is 77.5 Å². The standard InChI is InChI=1S/C74H136N20O19S/c1-39(2)55(82-44(11)96)69(108)92-59(43(9)10)71(110)90-56(40(3)4)67(106)87-47(25-14-18-30-77)64(103)84-45(23-12-16-28-75)62(101)83-46(24-13-17-29-76)63(102)86-49(27-22-32-81-74(79)80)65(104)85-48(26-15-19-31-78)66(105)89-58(42(7)8)70(109)91-57(41(5)6)68(107)88-50(73(112)113)38-114-53-35-54(98)94(72(53)111)34-21-20-33-93-36-52(97)61(100)60(99)51(93)37-95/h39-43,45-53,55-61,95,97,99-100H,12-38,75-78H2,1-11H3,(H,82,96)(H,83,101)(H,84,103)(H,85,104)(H,86,102)(H,87,106)(H,88,107)(H,89,105)(H,90,110)(H,91,109)(H,92,108)(H,112,113)(H4,79,80,81)/t45?,46?,47?,48?,49?,50?,51-,52+,53?,55?,56?,57?,58?,59?,60-,61-/m1/s1. The number of thioether (sulfide) groups is 1. The number of aliphatic hydroxyl groups is 4. The number of carbonyl (C=O) groups is 14. The minimum Gasteiger partial charge on any atom is -0.480 e. The highest BCUT2D eigenvalue weighted by Crippen LogP contribution is 2.27. The van der Waals surface area contributed by atoms with Crippen molar-refractivity contribution in [1.29, 1.82) is 5.41 Å². The first-order valence-corrected chi connectivity index (χ1v) is 41.0. The van der Waals surface area contributed by atoms with Gasteiger partial charge in [0.2, 0.25) is 76.8 Å². The van der Waals surface area contributed by atoms with Crippen LogP contribution in [0.2, 0.25) is 0 Å². The van der Waals surface area contributed by atoms with E-state index >= 15 is 0 Å². The average molecular weight is 1640 g/mol. The number of nitrogens with zero attached hydrogens (tertiary/aromatic N) is 2. The summed E-state index contributed by atoms with van der Waals surface area (Å²) in [5.74, 6) is -14.6. The first kappa shape index (κ1) is 102. The zero-order chi connectivity index (χ0) is 86.2. The van der Waals surface area contributed by atoms with Crippen molar-refractivity contribution >= 4 is 100 Å². The molecule has 2 aliphatic rings. The van der Waals surface area contributed by atoms with E-state index in [2.05, 4.69) is 63.8 Å². The molecule has 0 radical (unpaired) electrons. The Morgan fingerprint density at radius 2 is 0.763 bits per heavy atom. The maximum atomic E-state index is 14.8. The maximum Gasteiger partial charge on any atom is 0.327 e. The molecule has 652 valence electrons. The smallest absolute Gasteiger partial charge is 0.327 e. The first-order valence-electron chi connectivity index (χ1n) is 40.0. The number of nitrogens with one attached hydrogen (secondary N) is 13. The number of amides is 13. The summed E-state index contributed by atoms with van der Waals surface area (Å²) in [5, 5.41) is 89.6. The predicted molar refractivity (Wildman–Crippen MR) is 427 cm³/mol. The van der Waals surface area contributed by atoms with Gasteiger partial charge in [-0.05, 0) is 165 Å². The second kappa shape index (κ2) is 53.3. The number of carboxylic acid groups (broad SMARTS) is 1. The van der Waals surface area contributed by atoms with Crippen LogP contribution >= 0.6 is 11.8 Å². The highest BCUT2D eigenvalue weighted by Gasteiger charge is 2.44. The molecule has 16 atom stereocenters. The zero-order valence-corrected chi connectivity index (χ0v) is 69.2. The number of carboxylic acids is 1. The van der Waals surface area contributed by atoms with Gasteiger partial charge in [0.25, 0.3) is 0 Å². The van der Waals surface area contributed by atoms with Crippen LogP contribution in [-0.2, 0) is 67.1 Å². The van der Waals surface area contributed by atoms with Crippen LogP contribution in [-0.4, -0.2) is 285 Å². The summed E-state index contributed by atoms with van der Waals surface area (Å²) in [6, 6.07) is -15.5. The molecule has 114 heavy (non-hydrogen) atoms. The first-order chi connectivity index (χ1) is 53.7. The van der Waals surface area contributed by atoms with E-state index in [1.807, 2.05) is 0 Å². The lowest BCUT2D eigenvalue weighted by molar-refractivity contribution is -0.145. The van der Waals surface area contributed by atoms with Gasteiger partial charge < -0.3 is 118 Å². The van der Waals surface area contributed by atoms with Crippen molar-refractivity contribution in [3.05, 3.63) is 0 Å². The highest BCUT2D eigenvalue weighted by molar-refractivity contribution is 8.00. The number of guanidine groups is 1. The van der Waals surface area contributed by atoms with Gasteiger partial charge in [-0.25, -0.2) is 4.79 Å². The maximum absolute atomic E-state index is 14.8. The molecular weight excluding hydrogens is 1510 g/mol. The minimum absolute atomic E-state index is 0.00278. The van der Waals surface area contributed by atoms with Gasteiger partial charge in [0.1, 0.15) is 78.7 Å². The van der Waals surface area contributed by atoms with Crippen LogP contribution < -0.4 is 92.5 Å². The van der Waals surface area contributed by atoms with E-state index in [1.165, 1.54) is 6.92 Å². The van der Waals surface area contributed by atoms with Gasteiger partial charge in [-0.1, -0.05) is 69.2 Å². The second-order valence-electron chi connectivity index (χ2n) is 31.1. The number of hydrogen-bond acceptors (Lipinski definition) is 25. The lowest BCUT2D eigenvalue weighted by Gasteiger charge is -2.43. The molecule has 0 spiro atoms. The molecule has 0 aliphatic carbocycles. The van der Waals surface area contributed by atoms with Crippen LogP contribution in [0.1, 0.15) is 185 Å². The Balaban J connectivity index is 2.44. The highest BCUT2D eigenvalue weighted by atomic mass is 32.2. The summed E-state index contributed by atoms with van der Waals surface area (Å²) in [5.41, 5.74) is 29.1. The van der Waals surface area contributed by atoms with E-state index in [-0.39, 0.29) is 128 Å². The fourth-order valence-corrected chi connectivity index (χ4v) is 14.1. The number of likely N-dealkylation sites (tertiary alicyclic amines) is 2. The molecule has 39 nitrogen and oxygen atoms in total. The van der Waals surface area contributed by atoms with Gasteiger partial charge in [-0.2, -0.15) is 0 Å². The molecule has 0 aromatic rings. The second-order valence-corrected chi connectivity index (χ2v) is 32.3. The molecule has 40 heteroatoms. The van der Waals surface area contributed by atoms with Crippen molar-refractivity contribution in [3.8, 4) is 0 Å². The Labute approximate surface area is 673 Å². The largest absolute Gasteiger partial charge is 0.480 e. The van der Waals surface area contributed by atoms with Crippen LogP contribution in [0.25, 0.3) is 0 Å². The number of β-amino-alcohol motifs (C(OH)–C–C–N with tert-alkyl or cyclic N) is 1. The molecule has 2 saturated heterocycles. The van der Waals surface area contributed by atoms with Crippen molar-refractivity contribution in [2.24, 2.45) is 58.3 Å². The Hall–Kier alpha value is -7.96. The predicted octanol–water partition coefficient (Wildman–Crippen LogP) is -5.12. The van der Waals surface area contributed by atoms with Crippen molar-refractivity contribution in [2.45, 2.75) is 281 Å². The molecule has 28 N–H and O–H groups in total. The Morgan fingerprint density at radius 3 is 1.10 bits per heavy atom. The summed E-state index contributed by atoms with van der Waals surface area (Å²) in [6.07, 6.45) is -0.948. The third kappa shape index (κ3) is 35.2. The molecule has 13 amide bonds. The number of piperidine rings is 1. The van der Waals surface area contributed by atoms with E-state index in [0.717, 1.165) is 16.7 Å². The van der Waals surface area contributed by atoms with Crippen LogP contribution in [0.5, 0.6) is 0 Å². The molecule has 2 fully saturated rings. The monoisotopic (exact) mass is 1640 g/mol. The summed E-state index contributed by atoms with van der Waals surface area (Å²) < 4.78 is 0. The lowest BCUT2D eigenvalue weighted by atomic mass is 9.94. The number of carbonyl (C=O) groups excluding carboxylic acids is 13. The van der Waals surface area contributed by atoms with Crippen molar-refractivity contribution in [2.75, 3.05) is 64.7 Å². The van der Waals surface area contributed by atoms with Gasteiger partial charge in [0.05, 0.1) is 24.0 Å². The van der Waals surface area contributed by atoms with Crippen LogP contribution in [0.15, 0.2) is 0 Å². The Morgan fingerprint density at radius 1 is 0.447 bits per heavy atom. The molecule has 2 heterocycles.